The van der Waals surface area contributed by atoms with E-state index in [1.54, 1.807) is 0 Å². The van der Waals surface area contributed by atoms with Gasteiger partial charge in [-0.1, -0.05) is 13.8 Å². The molecule has 2 aromatic carbocycles. The van der Waals surface area contributed by atoms with Gasteiger partial charge in [-0.3, -0.25) is 9.98 Å². The summed E-state index contributed by atoms with van der Waals surface area (Å²) in [5, 5.41) is 0. The topological polar surface area (TPSA) is 95.2 Å². The Hall–Kier alpha value is -3.02. The molecule has 0 saturated carbocycles. The van der Waals surface area contributed by atoms with Crippen molar-refractivity contribution in [1.29, 1.82) is 0 Å². The first-order valence-electron chi connectivity index (χ1n) is 11.2. The molecule has 2 aromatic rings. The highest BCUT2D eigenvalue weighted by atomic mass is 16.5. The summed E-state index contributed by atoms with van der Waals surface area (Å²) in [6, 6.07) is 15.6. The van der Waals surface area contributed by atoms with Gasteiger partial charge in [0.1, 0.15) is 23.2 Å². The summed E-state index contributed by atoms with van der Waals surface area (Å²) in [5.74, 6) is 2.86. The zero-order valence-electron chi connectivity index (χ0n) is 18.8. The lowest BCUT2D eigenvalue weighted by Gasteiger charge is -2.09. The van der Waals surface area contributed by atoms with Crippen LogP contribution in [-0.4, -0.2) is 38.0 Å². The number of nitrogens with zero attached hydrogens (tertiary/aromatic N) is 2. The Morgan fingerprint density at radius 1 is 0.645 bits per heavy atom. The smallest absolute Gasteiger partial charge is 0.125 e. The van der Waals surface area contributed by atoms with Gasteiger partial charge in [0, 0.05) is 24.2 Å². The molecule has 0 spiro atoms. The minimum absolute atomic E-state index is 0.580. The van der Waals surface area contributed by atoms with Gasteiger partial charge in [0.05, 0.1) is 13.2 Å². The highest BCUT2D eigenvalue weighted by Gasteiger charge is 2.01. The van der Waals surface area contributed by atoms with Crippen LogP contribution in [-0.2, 0) is 0 Å². The van der Waals surface area contributed by atoms with Gasteiger partial charge in [0.2, 0.25) is 0 Å². The largest absolute Gasteiger partial charge is 0.494 e. The second kappa shape index (κ2) is 14.1. The van der Waals surface area contributed by atoms with Gasteiger partial charge in [-0.2, -0.15) is 0 Å². The lowest BCUT2D eigenvalue weighted by molar-refractivity contribution is 0.279. The number of nitrogens with two attached hydrogens (primary N) is 2. The standard InChI is InChI=1S/C25H36N4O2/c1-3-16-28-24(26)20-8-12-22(13-9-20)30-18-6-5-7-19-31-23-14-10-21(11-15-23)25(27)29-17-4-2/h8-15H,3-7,16-19H2,1-2H3,(H2,26,28)(H2,27,29). The lowest BCUT2D eigenvalue weighted by Crippen LogP contribution is -2.13. The van der Waals surface area contributed by atoms with E-state index < -0.39 is 0 Å². The van der Waals surface area contributed by atoms with Gasteiger partial charge >= 0.3 is 0 Å². The van der Waals surface area contributed by atoms with E-state index in [9.17, 15) is 0 Å². The van der Waals surface area contributed by atoms with Crippen molar-refractivity contribution in [3.63, 3.8) is 0 Å². The first-order chi connectivity index (χ1) is 15.1. The molecule has 0 atom stereocenters. The zero-order valence-corrected chi connectivity index (χ0v) is 18.8. The van der Waals surface area contributed by atoms with Crippen molar-refractivity contribution < 1.29 is 9.47 Å². The van der Waals surface area contributed by atoms with Crippen LogP contribution < -0.4 is 20.9 Å². The summed E-state index contributed by atoms with van der Waals surface area (Å²) in [7, 11) is 0. The molecule has 0 unspecified atom stereocenters. The Morgan fingerprint density at radius 3 is 1.39 bits per heavy atom. The maximum atomic E-state index is 5.97. The summed E-state index contributed by atoms with van der Waals surface area (Å²) in [4.78, 5) is 8.64. The zero-order chi connectivity index (χ0) is 22.3. The first kappa shape index (κ1) is 24.3. The molecule has 0 bridgehead atoms. The summed E-state index contributed by atoms with van der Waals surface area (Å²) < 4.78 is 11.6. The van der Waals surface area contributed by atoms with Crippen LogP contribution in [0, 0.1) is 0 Å². The number of unbranched alkanes of at least 4 members (excludes halogenated alkanes) is 2. The Balaban J connectivity index is 1.60. The van der Waals surface area contributed by atoms with E-state index in [-0.39, 0.29) is 0 Å². The third-order valence-corrected chi connectivity index (χ3v) is 4.64. The van der Waals surface area contributed by atoms with Crippen LogP contribution in [0.15, 0.2) is 58.5 Å². The van der Waals surface area contributed by atoms with E-state index in [2.05, 4.69) is 23.8 Å². The van der Waals surface area contributed by atoms with Crippen LogP contribution in [0.4, 0.5) is 0 Å². The van der Waals surface area contributed by atoms with Crippen molar-refractivity contribution in [2.75, 3.05) is 26.3 Å². The first-order valence-corrected chi connectivity index (χ1v) is 11.2. The van der Waals surface area contributed by atoms with E-state index in [1.165, 1.54) is 0 Å². The molecule has 168 valence electrons. The molecule has 0 aliphatic rings. The average molecular weight is 425 g/mol. The second-order valence-corrected chi connectivity index (χ2v) is 7.34. The highest BCUT2D eigenvalue weighted by Crippen LogP contribution is 2.14. The molecule has 6 heteroatoms. The van der Waals surface area contributed by atoms with E-state index in [0.717, 1.165) is 67.8 Å². The fourth-order valence-electron chi connectivity index (χ4n) is 2.85. The molecule has 0 aromatic heterocycles. The average Bonchev–Trinajstić information content (AvgIpc) is 2.81. The van der Waals surface area contributed by atoms with Gasteiger partial charge < -0.3 is 20.9 Å². The highest BCUT2D eigenvalue weighted by molar-refractivity contribution is 5.98. The molecular weight excluding hydrogens is 388 g/mol. The number of amidine groups is 2. The van der Waals surface area contributed by atoms with E-state index in [0.29, 0.717) is 24.9 Å². The number of hydrogen-bond acceptors (Lipinski definition) is 4. The minimum atomic E-state index is 0.580. The molecular formula is C25H36N4O2. The summed E-state index contributed by atoms with van der Waals surface area (Å²) in [6.07, 6.45) is 4.98. The number of aliphatic imine (C=N–C) groups is 2. The van der Waals surface area contributed by atoms with Gasteiger partial charge in [0.25, 0.3) is 0 Å². The molecule has 0 aliphatic heterocycles. The van der Waals surface area contributed by atoms with Crippen LogP contribution >= 0.6 is 0 Å². The molecule has 2 rings (SSSR count). The van der Waals surface area contributed by atoms with Crippen molar-refractivity contribution >= 4 is 11.7 Å². The molecule has 0 amide bonds. The van der Waals surface area contributed by atoms with E-state index in [1.807, 2.05) is 48.5 Å². The monoisotopic (exact) mass is 424 g/mol. The molecule has 0 aliphatic carbocycles. The molecule has 0 fully saturated rings. The van der Waals surface area contributed by atoms with Gasteiger partial charge in [-0.15, -0.1) is 0 Å². The third-order valence-electron chi connectivity index (χ3n) is 4.64. The summed E-state index contributed by atoms with van der Waals surface area (Å²) >= 11 is 0. The molecule has 4 N–H and O–H groups in total. The van der Waals surface area contributed by atoms with Crippen molar-refractivity contribution in [1.82, 2.24) is 0 Å². The molecule has 0 saturated heterocycles. The van der Waals surface area contributed by atoms with E-state index in [4.69, 9.17) is 20.9 Å². The second-order valence-electron chi connectivity index (χ2n) is 7.34. The maximum Gasteiger partial charge on any atom is 0.125 e. The predicted molar refractivity (Wildman–Crippen MR) is 129 cm³/mol. The fraction of sp³-hybridized carbons (Fsp3) is 0.440. The Labute approximate surface area is 186 Å². The predicted octanol–water partition coefficient (Wildman–Crippen LogP) is 4.55. The van der Waals surface area contributed by atoms with Crippen molar-refractivity contribution in [3.8, 4) is 11.5 Å². The van der Waals surface area contributed by atoms with Crippen molar-refractivity contribution in [2.24, 2.45) is 21.5 Å². The number of rotatable bonds is 14. The van der Waals surface area contributed by atoms with Gasteiger partial charge in [-0.05, 0) is 80.6 Å². The Morgan fingerprint density at radius 2 is 1.03 bits per heavy atom. The van der Waals surface area contributed by atoms with Gasteiger partial charge in [-0.25, -0.2) is 0 Å². The number of ether oxygens (including phenoxy) is 2. The van der Waals surface area contributed by atoms with Crippen LogP contribution in [0.5, 0.6) is 11.5 Å². The third kappa shape index (κ3) is 9.11. The SMILES string of the molecule is CCCN=C(N)c1ccc(OCCCCCOc2ccc(C(N)=NCCC)cc2)cc1. The summed E-state index contributed by atoms with van der Waals surface area (Å²) in [5.41, 5.74) is 13.8. The molecule has 0 heterocycles. The minimum Gasteiger partial charge on any atom is -0.494 e. The number of benzene rings is 2. The van der Waals surface area contributed by atoms with Crippen molar-refractivity contribution in [2.45, 2.75) is 46.0 Å². The normalized spacial score (nSPS) is 12.1. The van der Waals surface area contributed by atoms with Crippen LogP contribution in [0.2, 0.25) is 0 Å². The summed E-state index contributed by atoms with van der Waals surface area (Å²) in [6.45, 7) is 7.04. The fourth-order valence-corrected chi connectivity index (χ4v) is 2.85. The quantitative estimate of drug-likeness (QED) is 0.264. The Bertz CT molecular complexity index is 745. The van der Waals surface area contributed by atoms with Gasteiger partial charge in [0.15, 0.2) is 0 Å². The Kier molecular flexibility index (Phi) is 11.0. The van der Waals surface area contributed by atoms with Crippen molar-refractivity contribution in [3.05, 3.63) is 59.7 Å². The van der Waals surface area contributed by atoms with E-state index >= 15 is 0 Å². The lowest BCUT2D eigenvalue weighted by atomic mass is 10.2. The molecule has 31 heavy (non-hydrogen) atoms. The number of hydrogen-bond donors (Lipinski definition) is 2. The molecule has 6 nitrogen and oxygen atoms in total. The van der Waals surface area contributed by atoms with Crippen LogP contribution in [0.1, 0.15) is 57.1 Å². The van der Waals surface area contributed by atoms with Crippen LogP contribution in [0.3, 0.4) is 0 Å². The van der Waals surface area contributed by atoms with Crippen LogP contribution in [0.25, 0.3) is 0 Å². The maximum absolute atomic E-state index is 5.97. The molecule has 0 radical (unpaired) electrons.